The van der Waals surface area contributed by atoms with Gasteiger partial charge in [-0.3, -0.25) is 19.8 Å². The Morgan fingerprint density at radius 2 is 1.53 bits per heavy atom. The first-order valence-electron chi connectivity index (χ1n) is 10.8. The van der Waals surface area contributed by atoms with Gasteiger partial charge in [0.05, 0.1) is 5.69 Å². The van der Waals surface area contributed by atoms with Crippen molar-refractivity contribution in [2.24, 2.45) is 5.92 Å². The minimum atomic E-state index is -0.833. The lowest BCUT2D eigenvalue weighted by atomic mass is 10.0. The molecule has 0 radical (unpaired) electrons. The van der Waals surface area contributed by atoms with Gasteiger partial charge >= 0.3 is 0 Å². The number of aliphatic carboxylic acids is 1. The number of hydrogen-bond donors (Lipinski definition) is 2. The summed E-state index contributed by atoms with van der Waals surface area (Å²) in [6.07, 6.45) is 6.01. The summed E-state index contributed by atoms with van der Waals surface area (Å²) in [5.41, 5.74) is 3.34. The number of carbonyl (C=O) groups excluding carboxylic acids is 2. The average molecular weight is 451 g/mol. The molecular formula is C25H42N2O5. The number of benzene rings is 1. The van der Waals surface area contributed by atoms with Crippen LogP contribution >= 0.6 is 0 Å². The fourth-order valence-electron chi connectivity index (χ4n) is 2.15. The van der Waals surface area contributed by atoms with Crippen LogP contribution in [-0.2, 0) is 19.1 Å². The van der Waals surface area contributed by atoms with E-state index in [1.165, 1.54) is 5.01 Å². The van der Waals surface area contributed by atoms with Crippen LogP contribution in [0.15, 0.2) is 55.6 Å². The molecule has 182 valence electrons. The number of anilines is 1. The lowest BCUT2D eigenvalue weighted by molar-refractivity contribution is -0.134. The summed E-state index contributed by atoms with van der Waals surface area (Å²) in [7, 11) is 0. The highest BCUT2D eigenvalue weighted by Gasteiger charge is 2.39. The van der Waals surface area contributed by atoms with Crippen molar-refractivity contribution in [3.8, 4) is 0 Å². The highest BCUT2D eigenvalue weighted by molar-refractivity contribution is 6.14. The standard InChI is InChI=1S/C13H16N2O2.C4H10O.2C3H6.C2H4O2/c1-2-3-9-11-12(16)14-15(13(11)17)10-7-5-4-6-8-10;1-3-5-4-2;2*1-3-2;1-2(3)4/h4-8,11H,2-3,9H2,1H3,(H,14,16);3-4H2,1-2H3;2*3H,1H2,2H3;1H3,(H,3,4). The van der Waals surface area contributed by atoms with E-state index < -0.39 is 11.9 Å². The largest absolute Gasteiger partial charge is 0.481 e. The second-order valence-corrected chi connectivity index (χ2v) is 6.30. The van der Waals surface area contributed by atoms with Crippen LogP contribution in [0.3, 0.4) is 0 Å². The first-order chi connectivity index (χ1) is 15.2. The molecule has 1 aliphatic rings. The van der Waals surface area contributed by atoms with Gasteiger partial charge in [0.25, 0.3) is 17.8 Å². The van der Waals surface area contributed by atoms with Gasteiger partial charge in [-0.15, -0.1) is 13.2 Å². The van der Waals surface area contributed by atoms with E-state index in [2.05, 4.69) is 18.6 Å². The Bertz CT molecular complexity index is 620. The molecule has 1 saturated heterocycles. The number of para-hydroxylation sites is 1. The van der Waals surface area contributed by atoms with Gasteiger partial charge < -0.3 is 9.84 Å². The molecule has 32 heavy (non-hydrogen) atoms. The molecule has 0 saturated carbocycles. The minimum Gasteiger partial charge on any atom is -0.481 e. The van der Waals surface area contributed by atoms with Crippen molar-refractivity contribution in [1.82, 2.24) is 5.43 Å². The highest BCUT2D eigenvalue weighted by atomic mass is 16.5. The second kappa shape index (κ2) is 24.3. The lowest BCUT2D eigenvalue weighted by Crippen LogP contribution is -2.35. The van der Waals surface area contributed by atoms with Crippen molar-refractivity contribution >= 4 is 23.5 Å². The predicted octanol–water partition coefficient (Wildman–Crippen LogP) is 5.39. The van der Waals surface area contributed by atoms with Crippen molar-refractivity contribution < 1.29 is 24.2 Å². The van der Waals surface area contributed by atoms with Crippen LogP contribution < -0.4 is 10.4 Å². The van der Waals surface area contributed by atoms with E-state index in [1.807, 2.05) is 52.8 Å². The number of nitrogens with one attached hydrogen (secondary N) is 1. The van der Waals surface area contributed by atoms with Gasteiger partial charge in [-0.1, -0.05) is 50.1 Å². The molecule has 7 heteroatoms. The molecule has 1 unspecified atom stereocenters. The summed E-state index contributed by atoms with van der Waals surface area (Å²) in [6, 6.07) is 9.17. The zero-order chi connectivity index (χ0) is 25.4. The number of allylic oxidation sites excluding steroid dienone is 2. The summed E-state index contributed by atoms with van der Waals surface area (Å²) < 4.78 is 4.83. The number of carboxylic acid groups (broad SMARTS) is 1. The summed E-state index contributed by atoms with van der Waals surface area (Å²) in [6.45, 7) is 19.3. The fraction of sp³-hybridized carbons (Fsp3) is 0.480. The molecular weight excluding hydrogens is 408 g/mol. The molecule has 1 atom stereocenters. The van der Waals surface area contributed by atoms with Crippen molar-refractivity contribution in [2.75, 3.05) is 18.2 Å². The maximum absolute atomic E-state index is 12.1. The maximum Gasteiger partial charge on any atom is 0.300 e. The Kier molecular flexibility index (Phi) is 25.6. The number of rotatable bonds is 6. The molecule has 7 nitrogen and oxygen atoms in total. The Morgan fingerprint density at radius 3 is 1.88 bits per heavy atom. The number of hydrazine groups is 1. The molecule has 2 amide bonds. The van der Waals surface area contributed by atoms with E-state index in [9.17, 15) is 9.59 Å². The Hall–Kier alpha value is -2.93. The first kappa shape index (κ1) is 33.7. The smallest absolute Gasteiger partial charge is 0.300 e. The summed E-state index contributed by atoms with van der Waals surface area (Å²) in [4.78, 5) is 32.8. The van der Waals surface area contributed by atoms with Gasteiger partial charge in [-0.05, 0) is 46.2 Å². The Balaban J connectivity index is -0.000000462. The number of nitrogens with zero attached hydrogens (tertiary/aromatic N) is 1. The maximum atomic E-state index is 12.1. The minimum absolute atomic E-state index is 0.144. The molecule has 0 aromatic heterocycles. The van der Waals surface area contributed by atoms with Gasteiger partial charge in [0.2, 0.25) is 0 Å². The van der Waals surface area contributed by atoms with Gasteiger partial charge in [-0.25, -0.2) is 5.01 Å². The third kappa shape index (κ3) is 19.1. The molecule has 1 fully saturated rings. The van der Waals surface area contributed by atoms with Crippen LogP contribution in [0.2, 0.25) is 0 Å². The quantitative estimate of drug-likeness (QED) is 0.447. The van der Waals surface area contributed by atoms with Crippen molar-refractivity contribution in [3.05, 3.63) is 55.6 Å². The van der Waals surface area contributed by atoms with E-state index >= 15 is 0 Å². The number of carbonyl (C=O) groups is 3. The van der Waals surface area contributed by atoms with Crippen molar-refractivity contribution in [1.29, 1.82) is 0 Å². The highest BCUT2D eigenvalue weighted by Crippen LogP contribution is 2.22. The van der Waals surface area contributed by atoms with Crippen LogP contribution in [0.1, 0.15) is 60.8 Å². The number of amides is 2. The topological polar surface area (TPSA) is 95.9 Å². The van der Waals surface area contributed by atoms with E-state index in [4.69, 9.17) is 14.6 Å². The van der Waals surface area contributed by atoms with Gasteiger partial charge in [0, 0.05) is 20.1 Å². The zero-order valence-electron chi connectivity index (χ0n) is 20.6. The molecule has 0 aliphatic carbocycles. The molecule has 1 aromatic rings. The third-order valence-corrected chi connectivity index (χ3v) is 3.33. The number of unbranched alkanes of at least 4 members (excludes halogenated alkanes) is 1. The van der Waals surface area contributed by atoms with Crippen LogP contribution in [-0.4, -0.2) is 36.1 Å². The predicted molar refractivity (Wildman–Crippen MR) is 132 cm³/mol. The second-order valence-electron chi connectivity index (χ2n) is 6.30. The Morgan fingerprint density at radius 1 is 1.09 bits per heavy atom. The van der Waals surface area contributed by atoms with E-state index in [0.717, 1.165) is 33.0 Å². The number of carboxylic acids is 1. The molecule has 2 rings (SSSR count). The zero-order valence-corrected chi connectivity index (χ0v) is 20.6. The number of ether oxygens (including phenoxy) is 1. The molecule has 1 aliphatic heterocycles. The van der Waals surface area contributed by atoms with Crippen molar-refractivity contribution in [2.45, 2.75) is 60.8 Å². The van der Waals surface area contributed by atoms with E-state index in [-0.39, 0.29) is 11.8 Å². The Labute approximate surface area is 194 Å². The van der Waals surface area contributed by atoms with Gasteiger partial charge in [0.15, 0.2) is 0 Å². The lowest BCUT2D eigenvalue weighted by Gasteiger charge is -2.14. The van der Waals surface area contributed by atoms with Gasteiger partial charge in [-0.2, -0.15) is 0 Å². The fourth-order valence-corrected chi connectivity index (χ4v) is 2.15. The van der Waals surface area contributed by atoms with Crippen LogP contribution in [0, 0.1) is 5.92 Å². The van der Waals surface area contributed by atoms with Gasteiger partial charge in [0.1, 0.15) is 5.92 Å². The molecule has 1 aromatic carbocycles. The summed E-state index contributed by atoms with van der Waals surface area (Å²) in [5, 5.41) is 8.77. The van der Waals surface area contributed by atoms with Crippen molar-refractivity contribution in [3.63, 3.8) is 0 Å². The number of hydrogen-bond acceptors (Lipinski definition) is 4. The van der Waals surface area contributed by atoms with E-state index in [1.54, 1.807) is 24.3 Å². The molecule has 0 spiro atoms. The normalized spacial score (nSPS) is 13.3. The average Bonchev–Trinajstić information content (AvgIpc) is 3.02. The van der Waals surface area contributed by atoms with Crippen LogP contribution in [0.4, 0.5) is 5.69 Å². The molecule has 0 bridgehead atoms. The van der Waals surface area contributed by atoms with E-state index in [0.29, 0.717) is 12.1 Å². The molecule has 2 N–H and O–H groups in total. The summed E-state index contributed by atoms with van der Waals surface area (Å²) in [5.74, 6) is -1.68. The summed E-state index contributed by atoms with van der Waals surface area (Å²) >= 11 is 0. The SMILES string of the molecule is C=CC.C=CC.CC(=O)O.CCCCC1C(=O)NN(c2ccccc2)C1=O.CCOCC. The first-order valence-corrected chi connectivity index (χ1v) is 10.8. The third-order valence-electron chi connectivity index (χ3n) is 3.33. The van der Waals surface area contributed by atoms with Crippen LogP contribution in [0.5, 0.6) is 0 Å². The van der Waals surface area contributed by atoms with Crippen LogP contribution in [0.25, 0.3) is 0 Å². The molecule has 1 heterocycles. The monoisotopic (exact) mass is 450 g/mol.